The fourth-order valence-corrected chi connectivity index (χ4v) is 0.543. The zero-order chi connectivity index (χ0) is 8.20. The molecule has 5 heteroatoms. The average Bonchev–Trinajstić information content (AvgIpc) is 2.01. The van der Waals surface area contributed by atoms with Gasteiger partial charge in [-0.3, -0.25) is 0 Å². The maximum absolute atomic E-state index is 8.69. The Balaban J connectivity index is 0. The second-order valence-corrected chi connectivity index (χ2v) is 2.63. The third kappa shape index (κ3) is 3.35. The lowest BCUT2D eigenvalue weighted by Crippen LogP contribution is -2.53. The molecule has 0 heterocycles. The molecule has 0 fully saturated rings. The van der Waals surface area contributed by atoms with Crippen molar-refractivity contribution in [3.05, 3.63) is 0 Å². The van der Waals surface area contributed by atoms with Crippen molar-refractivity contribution in [3.63, 3.8) is 0 Å². The van der Waals surface area contributed by atoms with Crippen LogP contribution in [-0.4, -0.2) is 40.7 Å². The quantitative estimate of drug-likeness (QED) is 0.440. The lowest BCUT2D eigenvalue weighted by atomic mass is 9.88. The molecular formula is C6H16ClNO3. The van der Waals surface area contributed by atoms with Crippen LogP contribution >= 0.6 is 12.4 Å². The highest BCUT2D eigenvalue weighted by Gasteiger charge is 2.29. The van der Waals surface area contributed by atoms with E-state index in [0.717, 1.165) is 0 Å². The number of rotatable bonds is 4. The van der Waals surface area contributed by atoms with E-state index in [-0.39, 0.29) is 38.1 Å². The van der Waals surface area contributed by atoms with E-state index >= 15 is 0 Å². The zero-order valence-electron chi connectivity index (χ0n) is 6.53. The van der Waals surface area contributed by atoms with Crippen molar-refractivity contribution in [1.29, 1.82) is 0 Å². The van der Waals surface area contributed by atoms with Crippen molar-refractivity contribution >= 4 is 12.4 Å². The van der Waals surface area contributed by atoms with Gasteiger partial charge in [-0.25, -0.2) is 0 Å². The molecule has 70 valence electrons. The summed E-state index contributed by atoms with van der Waals surface area (Å²) < 4.78 is 0. The van der Waals surface area contributed by atoms with Crippen LogP contribution in [0.25, 0.3) is 0 Å². The van der Waals surface area contributed by atoms with Crippen molar-refractivity contribution in [2.24, 2.45) is 11.7 Å². The summed E-state index contributed by atoms with van der Waals surface area (Å²) >= 11 is 0. The first-order chi connectivity index (χ1) is 4.60. The minimum atomic E-state index is -1.05. The Morgan fingerprint density at radius 1 is 1.27 bits per heavy atom. The van der Waals surface area contributed by atoms with Crippen LogP contribution in [0.3, 0.4) is 0 Å². The second-order valence-electron chi connectivity index (χ2n) is 2.63. The predicted octanol–water partition coefficient (Wildman–Crippen LogP) is -1.28. The van der Waals surface area contributed by atoms with Gasteiger partial charge in [-0.1, -0.05) is 6.92 Å². The molecule has 0 aromatic heterocycles. The number of hydrogen-bond acceptors (Lipinski definition) is 4. The first kappa shape index (κ1) is 13.7. The molecule has 0 saturated heterocycles. The summed E-state index contributed by atoms with van der Waals surface area (Å²) in [6.07, 6.45) is 0. The van der Waals surface area contributed by atoms with Crippen molar-refractivity contribution in [1.82, 2.24) is 0 Å². The Labute approximate surface area is 72.4 Å². The molecule has 11 heavy (non-hydrogen) atoms. The fourth-order valence-electron chi connectivity index (χ4n) is 0.543. The van der Waals surface area contributed by atoms with Gasteiger partial charge >= 0.3 is 0 Å². The maximum Gasteiger partial charge on any atom is 0.0671 e. The Bertz CT molecular complexity index is 97.8. The van der Waals surface area contributed by atoms with Crippen molar-refractivity contribution in [3.8, 4) is 0 Å². The molecule has 0 aromatic carbocycles. The monoisotopic (exact) mass is 185 g/mol. The SMILES string of the molecule is CC(CO)C(N)(CO)CO.Cl. The topological polar surface area (TPSA) is 86.7 Å². The van der Waals surface area contributed by atoms with Gasteiger partial charge in [0.05, 0.1) is 18.8 Å². The van der Waals surface area contributed by atoms with E-state index in [2.05, 4.69) is 0 Å². The average molecular weight is 186 g/mol. The Morgan fingerprint density at radius 2 is 1.64 bits per heavy atom. The van der Waals surface area contributed by atoms with Gasteiger partial charge < -0.3 is 21.1 Å². The van der Waals surface area contributed by atoms with Gasteiger partial charge in [-0.05, 0) is 0 Å². The van der Waals surface area contributed by atoms with Gasteiger partial charge in [0, 0.05) is 12.5 Å². The molecule has 0 spiro atoms. The number of halogens is 1. The molecule has 5 N–H and O–H groups in total. The molecule has 4 nitrogen and oxygen atoms in total. The van der Waals surface area contributed by atoms with Crippen LogP contribution in [-0.2, 0) is 0 Å². The fraction of sp³-hybridized carbons (Fsp3) is 1.00. The van der Waals surface area contributed by atoms with E-state index in [4.69, 9.17) is 21.1 Å². The van der Waals surface area contributed by atoms with Crippen LogP contribution in [0.4, 0.5) is 0 Å². The summed E-state index contributed by atoms with van der Waals surface area (Å²) in [5.41, 5.74) is 4.44. The highest BCUT2D eigenvalue weighted by molar-refractivity contribution is 5.85. The van der Waals surface area contributed by atoms with Crippen LogP contribution in [0.5, 0.6) is 0 Å². The number of hydrogen-bond donors (Lipinski definition) is 4. The van der Waals surface area contributed by atoms with E-state index in [1.165, 1.54) is 0 Å². The van der Waals surface area contributed by atoms with Gasteiger partial charge in [-0.2, -0.15) is 0 Å². The third-order valence-electron chi connectivity index (χ3n) is 1.84. The minimum absolute atomic E-state index is 0. The van der Waals surface area contributed by atoms with Crippen LogP contribution < -0.4 is 5.73 Å². The molecule has 0 bridgehead atoms. The van der Waals surface area contributed by atoms with E-state index in [1.54, 1.807) is 6.92 Å². The van der Waals surface area contributed by atoms with Gasteiger partial charge in [0.1, 0.15) is 0 Å². The number of aliphatic hydroxyl groups excluding tert-OH is 3. The van der Waals surface area contributed by atoms with Crippen molar-refractivity contribution < 1.29 is 15.3 Å². The van der Waals surface area contributed by atoms with E-state index in [0.29, 0.717) is 0 Å². The summed E-state index contributed by atoms with van der Waals surface area (Å²) in [5, 5.41) is 26.0. The third-order valence-corrected chi connectivity index (χ3v) is 1.84. The van der Waals surface area contributed by atoms with Gasteiger partial charge in [-0.15, -0.1) is 12.4 Å². The summed E-state index contributed by atoms with van der Waals surface area (Å²) in [6, 6.07) is 0. The predicted molar refractivity (Wildman–Crippen MR) is 44.6 cm³/mol. The molecule has 0 saturated carbocycles. The summed E-state index contributed by atoms with van der Waals surface area (Å²) in [6.45, 7) is 0.917. The van der Waals surface area contributed by atoms with Gasteiger partial charge in [0.15, 0.2) is 0 Å². The zero-order valence-corrected chi connectivity index (χ0v) is 7.34. The standard InChI is InChI=1S/C6H15NO3.ClH/c1-5(2-8)6(7,3-9)4-10;/h5,8-10H,2-4,7H2,1H3;1H. The second kappa shape index (κ2) is 5.74. The molecule has 0 aliphatic carbocycles. The van der Waals surface area contributed by atoms with Gasteiger partial charge in [0.2, 0.25) is 0 Å². The highest BCUT2D eigenvalue weighted by atomic mass is 35.5. The molecule has 0 aliphatic heterocycles. The Morgan fingerprint density at radius 3 is 1.73 bits per heavy atom. The summed E-state index contributed by atoms with van der Waals surface area (Å²) in [5.74, 6) is -0.289. The van der Waals surface area contributed by atoms with Crippen molar-refractivity contribution in [2.75, 3.05) is 19.8 Å². The molecule has 1 atom stereocenters. The maximum atomic E-state index is 8.69. The van der Waals surface area contributed by atoms with Crippen molar-refractivity contribution in [2.45, 2.75) is 12.5 Å². The van der Waals surface area contributed by atoms with Gasteiger partial charge in [0.25, 0.3) is 0 Å². The minimum Gasteiger partial charge on any atom is -0.396 e. The van der Waals surface area contributed by atoms with Crippen LogP contribution in [0, 0.1) is 5.92 Å². The normalized spacial score (nSPS) is 13.9. The first-order valence-corrected chi connectivity index (χ1v) is 3.22. The summed E-state index contributed by atoms with van der Waals surface area (Å²) in [7, 11) is 0. The Hall–Kier alpha value is 0.130. The van der Waals surface area contributed by atoms with E-state index < -0.39 is 5.54 Å². The smallest absolute Gasteiger partial charge is 0.0671 e. The molecular weight excluding hydrogens is 170 g/mol. The molecule has 0 radical (unpaired) electrons. The number of aliphatic hydroxyl groups is 3. The molecule has 1 unspecified atom stereocenters. The van der Waals surface area contributed by atoms with Crippen LogP contribution in [0.1, 0.15) is 6.92 Å². The summed E-state index contributed by atoms with van der Waals surface area (Å²) in [4.78, 5) is 0. The Kier molecular flexibility index (Phi) is 7.15. The highest BCUT2D eigenvalue weighted by Crippen LogP contribution is 2.11. The molecule has 0 aromatic rings. The molecule has 0 rings (SSSR count). The molecule has 0 aliphatic rings. The lowest BCUT2D eigenvalue weighted by molar-refractivity contribution is 0.0548. The number of nitrogens with two attached hydrogens (primary N) is 1. The molecule has 0 amide bonds. The lowest BCUT2D eigenvalue weighted by Gasteiger charge is -2.30. The largest absolute Gasteiger partial charge is 0.396 e. The van der Waals surface area contributed by atoms with E-state index in [9.17, 15) is 0 Å². The van der Waals surface area contributed by atoms with E-state index in [1.807, 2.05) is 0 Å². The first-order valence-electron chi connectivity index (χ1n) is 3.22. The van der Waals surface area contributed by atoms with Crippen LogP contribution in [0.2, 0.25) is 0 Å². The van der Waals surface area contributed by atoms with Crippen LogP contribution in [0.15, 0.2) is 0 Å².